The molecule has 4 aliphatic heterocycles. The number of aliphatic hydroxyl groups is 1. The zero-order valence-corrected chi connectivity index (χ0v) is 22.0. The number of aliphatic hydroxyl groups excluding tert-OH is 1. The van der Waals surface area contributed by atoms with E-state index in [0.717, 1.165) is 0 Å². The predicted octanol–water partition coefficient (Wildman–Crippen LogP) is 3.57. The van der Waals surface area contributed by atoms with Gasteiger partial charge in [0.15, 0.2) is 28.8 Å². The smallest absolute Gasteiger partial charge is 0.339 e. The number of phenols is 2. The van der Waals surface area contributed by atoms with Crippen molar-refractivity contribution in [2.75, 3.05) is 13.4 Å². The van der Waals surface area contributed by atoms with Gasteiger partial charge < -0.3 is 48.5 Å². The van der Waals surface area contributed by atoms with E-state index in [4.69, 9.17) is 33.2 Å². The zero-order valence-electron chi connectivity index (χ0n) is 22.0. The molecular weight excluding hydrogens is 524 g/mol. The average molecular weight is 553 g/mol. The third-order valence-corrected chi connectivity index (χ3v) is 7.87. The van der Waals surface area contributed by atoms with Crippen molar-refractivity contribution in [2.45, 2.75) is 57.8 Å². The first-order chi connectivity index (χ1) is 19.1. The molecule has 40 heavy (non-hydrogen) atoms. The van der Waals surface area contributed by atoms with Crippen LogP contribution in [0.4, 0.5) is 0 Å². The van der Waals surface area contributed by atoms with E-state index in [1.807, 2.05) is 6.92 Å². The monoisotopic (exact) mass is 552 g/mol. The average Bonchev–Trinajstić information content (AvgIpc) is 3.63. The number of hydrogen-bond donors (Lipinski definition) is 3. The number of rotatable bonds is 4. The van der Waals surface area contributed by atoms with Crippen LogP contribution in [-0.4, -0.2) is 65.1 Å². The Kier molecular flexibility index (Phi) is 5.59. The molecule has 0 aromatic heterocycles. The Hall–Kier alpha value is -3.77. The fourth-order valence-electron chi connectivity index (χ4n) is 6.03. The van der Waals surface area contributed by atoms with Gasteiger partial charge in [-0.15, -0.1) is 0 Å². The zero-order chi connectivity index (χ0) is 27.9. The molecule has 2 fully saturated rings. The van der Waals surface area contributed by atoms with Crippen LogP contribution in [0.2, 0.25) is 0 Å². The van der Waals surface area contributed by atoms with Crippen LogP contribution >= 0.6 is 0 Å². The molecule has 0 amide bonds. The Morgan fingerprint density at radius 3 is 2.45 bits per heavy atom. The number of ether oxygens (including phenoxy) is 7. The molecule has 4 heterocycles. The first kappa shape index (κ1) is 25.2. The molecule has 0 bridgehead atoms. The van der Waals surface area contributed by atoms with Gasteiger partial charge in [0.05, 0.1) is 18.3 Å². The van der Waals surface area contributed by atoms with Crippen LogP contribution < -0.4 is 14.2 Å². The molecule has 11 heteroatoms. The van der Waals surface area contributed by atoms with Gasteiger partial charge in [-0.3, -0.25) is 0 Å². The standard InChI is InChI=1S/C29H28O11/c1-12-24-26(40-29(2,3)39-24)21(9-30)37-28(12)38-25-15-8-18(32)17(31)7-14(15)22(23-16(25)10-34-27(23)33)13-4-5-19-20(6-13)36-11-35-19/h4-8,12,21,24,26,28,30-32H,9-11H2,1-3H3/t12-,21-,24-,26+,28?/m1/s1. The van der Waals surface area contributed by atoms with Crippen LogP contribution in [0.1, 0.15) is 36.7 Å². The summed E-state index contributed by atoms with van der Waals surface area (Å²) in [6.07, 6.45) is -2.52. The number of hydrogen-bond acceptors (Lipinski definition) is 11. The minimum atomic E-state index is -0.897. The van der Waals surface area contributed by atoms with Crippen molar-refractivity contribution in [2.24, 2.45) is 5.92 Å². The van der Waals surface area contributed by atoms with E-state index >= 15 is 0 Å². The number of aromatic hydroxyl groups is 2. The van der Waals surface area contributed by atoms with E-state index in [9.17, 15) is 20.1 Å². The molecule has 7 rings (SSSR count). The molecule has 5 atom stereocenters. The van der Waals surface area contributed by atoms with Crippen LogP contribution in [0.5, 0.6) is 28.7 Å². The number of cyclic esters (lactones) is 1. The summed E-state index contributed by atoms with van der Waals surface area (Å²) in [5.41, 5.74) is 1.87. The fraction of sp³-hybridized carbons (Fsp3) is 0.414. The molecule has 3 aromatic carbocycles. The number of carbonyl (C=O) groups excluding carboxylic acids is 1. The molecule has 2 saturated heterocycles. The third kappa shape index (κ3) is 3.76. The number of fused-ring (bicyclic) bond motifs is 4. The second kappa shape index (κ2) is 8.87. The lowest BCUT2D eigenvalue weighted by atomic mass is 9.89. The van der Waals surface area contributed by atoms with E-state index in [2.05, 4.69) is 0 Å². The van der Waals surface area contributed by atoms with Crippen molar-refractivity contribution < 1.29 is 53.3 Å². The summed E-state index contributed by atoms with van der Waals surface area (Å²) >= 11 is 0. The van der Waals surface area contributed by atoms with Crippen molar-refractivity contribution in [3.8, 4) is 39.9 Å². The molecule has 0 aliphatic carbocycles. The first-order valence-electron chi connectivity index (χ1n) is 13.1. The normalized spacial score (nSPS) is 27.9. The van der Waals surface area contributed by atoms with Gasteiger partial charge in [0, 0.05) is 22.4 Å². The van der Waals surface area contributed by atoms with E-state index in [1.54, 1.807) is 32.0 Å². The highest BCUT2D eigenvalue weighted by atomic mass is 16.8. The summed E-state index contributed by atoms with van der Waals surface area (Å²) in [5, 5.41) is 32.0. The Morgan fingerprint density at radius 2 is 1.68 bits per heavy atom. The van der Waals surface area contributed by atoms with Gasteiger partial charge in [-0.2, -0.15) is 0 Å². The second-order valence-electron chi connectivity index (χ2n) is 10.9. The van der Waals surface area contributed by atoms with Gasteiger partial charge in [-0.1, -0.05) is 13.0 Å². The summed E-state index contributed by atoms with van der Waals surface area (Å²) in [7, 11) is 0. The topological polar surface area (TPSA) is 142 Å². The van der Waals surface area contributed by atoms with Gasteiger partial charge in [0.2, 0.25) is 13.1 Å². The molecule has 4 aliphatic rings. The summed E-state index contributed by atoms with van der Waals surface area (Å²) in [4.78, 5) is 13.2. The van der Waals surface area contributed by atoms with Crippen molar-refractivity contribution in [3.05, 3.63) is 41.5 Å². The van der Waals surface area contributed by atoms with Gasteiger partial charge in [-0.25, -0.2) is 4.79 Å². The Balaban J connectivity index is 1.39. The number of carbonyl (C=O) groups is 1. The summed E-state index contributed by atoms with van der Waals surface area (Å²) in [6.45, 7) is 5.21. The quantitative estimate of drug-likeness (QED) is 0.323. The minimum Gasteiger partial charge on any atom is -0.504 e. The summed E-state index contributed by atoms with van der Waals surface area (Å²) < 4.78 is 41.3. The van der Waals surface area contributed by atoms with Gasteiger partial charge in [0.25, 0.3) is 0 Å². The molecule has 0 saturated carbocycles. The number of benzene rings is 3. The highest BCUT2D eigenvalue weighted by molar-refractivity contribution is 6.14. The lowest BCUT2D eigenvalue weighted by Crippen LogP contribution is -2.55. The Bertz CT molecular complexity index is 1550. The molecule has 210 valence electrons. The van der Waals surface area contributed by atoms with Crippen LogP contribution in [0.3, 0.4) is 0 Å². The Morgan fingerprint density at radius 1 is 0.950 bits per heavy atom. The lowest BCUT2D eigenvalue weighted by Gasteiger charge is -2.40. The van der Waals surface area contributed by atoms with Crippen molar-refractivity contribution >= 4 is 16.7 Å². The molecule has 0 radical (unpaired) electrons. The Labute approximate surface area is 228 Å². The molecule has 3 aromatic rings. The maximum absolute atomic E-state index is 13.2. The van der Waals surface area contributed by atoms with Gasteiger partial charge in [0.1, 0.15) is 24.6 Å². The van der Waals surface area contributed by atoms with Crippen LogP contribution in [-0.2, 0) is 25.6 Å². The van der Waals surface area contributed by atoms with E-state index in [1.165, 1.54) is 12.1 Å². The fourth-order valence-corrected chi connectivity index (χ4v) is 6.03. The summed E-state index contributed by atoms with van der Waals surface area (Å²) in [6, 6.07) is 8.06. The maximum Gasteiger partial charge on any atom is 0.339 e. The highest BCUT2D eigenvalue weighted by Gasteiger charge is 2.54. The molecule has 0 spiro atoms. The van der Waals surface area contributed by atoms with Crippen molar-refractivity contribution in [1.82, 2.24) is 0 Å². The van der Waals surface area contributed by atoms with Gasteiger partial charge >= 0.3 is 5.97 Å². The molecule has 1 unspecified atom stereocenters. The van der Waals surface area contributed by atoms with Crippen molar-refractivity contribution in [1.29, 1.82) is 0 Å². The maximum atomic E-state index is 13.2. The third-order valence-electron chi connectivity index (χ3n) is 7.87. The number of esters is 1. The highest BCUT2D eigenvalue weighted by Crippen LogP contribution is 2.50. The minimum absolute atomic E-state index is 0.0676. The number of phenolic OH excluding ortho intramolecular Hbond substituents is 2. The van der Waals surface area contributed by atoms with Crippen LogP contribution in [0, 0.1) is 5.92 Å². The van der Waals surface area contributed by atoms with E-state index < -0.39 is 36.4 Å². The lowest BCUT2D eigenvalue weighted by molar-refractivity contribution is -0.231. The first-order valence-corrected chi connectivity index (χ1v) is 13.1. The van der Waals surface area contributed by atoms with E-state index in [-0.39, 0.29) is 48.7 Å². The molecular formula is C29H28O11. The second-order valence-corrected chi connectivity index (χ2v) is 10.9. The SMILES string of the molecule is C[C@H]1C(Oc2c3c(c(-c4ccc5c(c4)OCO5)c4cc(O)c(O)cc24)C(=O)OC3)O[C@H](CO)[C@@H]2OC(C)(C)O[C@@H]21. The van der Waals surface area contributed by atoms with Crippen LogP contribution in [0.25, 0.3) is 21.9 Å². The van der Waals surface area contributed by atoms with Crippen LogP contribution in [0.15, 0.2) is 30.3 Å². The van der Waals surface area contributed by atoms with Gasteiger partial charge in [-0.05, 0) is 49.1 Å². The summed E-state index contributed by atoms with van der Waals surface area (Å²) in [5.74, 6) is -1.12. The van der Waals surface area contributed by atoms with Crippen molar-refractivity contribution in [3.63, 3.8) is 0 Å². The molecule has 3 N–H and O–H groups in total. The predicted molar refractivity (Wildman–Crippen MR) is 137 cm³/mol. The molecule has 11 nitrogen and oxygen atoms in total. The van der Waals surface area contributed by atoms with E-state index in [0.29, 0.717) is 39.0 Å². The largest absolute Gasteiger partial charge is 0.504 e.